The Kier molecular flexibility index (Phi) is 5.97. The molecular weight excluding hydrogens is 463 g/mol. The second-order valence-electron chi connectivity index (χ2n) is 10.00. The lowest BCUT2D eigenvalue weighted by atomic mass is 9.73. The van der Waals surface area contributed by atoms with Crippen LogP contribution in [0.3, 0.4) is 0 Å². The number of benzene rings is 3. The van der Waals surface area contributed by atoms with Crippen molar-refractivity contribution >= 4 is 34.7 Å². The van der Waals surface area contributed by atoms with Crippen molar-refractivity contribution in [3.05, 3.63) is 106 Å². The average Bonchev–Trinajstić information content (AvgIpc) is 2.94. The third-order valence-electron chi connectivity index (χ3n) is 6.62. The van der Waals surface area contributed by atoms with Gasteiger partial charge in [0.2, 0.25) is 5.91 Å². The summed E-state index contributed by atoms with van der Waals surface area (Å²) in [5.41, 5.74) is 4.12. The lowest BCUT2D eigenvalue weighted by Crippen LogP contribution is -2.40. The monoisotopic (exact) mass is 488 g/mol. The van der Waals surface area contributed by atoms with Crippen molar-refractivity contribution in [3.8, 4) is 0 Å². The van der Waals surface area contributed by atoms with Crippen LogP contribution in [-0.2, 0) is 16.0 Å². The largest absolute Gasteiger partial charge is 0.357 e. The minimum Gasteiger partial charge on any atom is -0.357 e. The van der Waals surface area contributed by atoms with E-state index in [9.17, 15) is 14.0 Å². The number of fused-ring (bicyclic) bond motifs is 1. The Bertz CT molecular complexity index is 1330. The van der Waals surface area contributed by atoms with Crippen molar-refractivity contribution in [1.29, 1.82) is 0 Å². The molecule has 0 spiro atoms. The maximum atomic E-state index is 14.0. The minimum absolute atomic E-state index is 0.00447. The maximum absolute atomic E-state index is 14.0. The zero-order valence-electron chi connectivity index (χ0n) is 19.6. The number of halogens is 2. The molecule has 5 rings (SSSR count). The van der Waals surface area contributed by atoms with Crippen LogP contribution in [0.2, 0.25) is 5.02 Å². The summed E-state index contributed by atoms with van der Waals surface area (Å²) in [6.07, 6.45) is 1.17. The molecule has 0 saturated carbocycles. The fourth-order valence-electron chi connectivity index (χ4n) is 5.08. The Labute approximate surface area is 209 Å². The number of Topliss-reactive ketones (excluding diaryl/α,β-unsaturated/α-hetero) is 1. The van der Waals surface area contributed by atoms with Crippen LogP contribution in [-0.4, -0.2) is 11.7 Å². The van der Waals surface area contributed by atoms with Crippen molar-refractivity contribution in [2.45, 2.75) is 39.2 Å². The molecule has 1 N–H and O–H groups in total. The van der Waals surface area contributed by atoms with Crippen LogP contribution in [0, 0.1) is 11.2 Å². The van der Waals surface area contributed by atoms with Crippen LogP contribution >= 0.6 is 11.6 Å². The van der Waals surface area contributed by atoms with E-state index >= 15 is 0 Å². The van der Waals surface area contributed by atoms with Gasteiger partial charge in [0, 0.05) is 22.7 Å². The lowest BCUT2D eigenvalue weighted by molar-refractivity contribution is -0.119. The van der Waals surface area contributed by atoms with Gasteiger partial charge >= 0.3 is 0 Å². The lowest BCUT2D eigenvalue weighted by Gasteiger charge is -2.37. The molecule has 1 aliphatic carbocycles. The average molecular weight is 489 g/mol. The smallest absolute Gasteiger partial charge is 0.232 e. The first-order chi connectivity index (χ1) is 16.7. The molecule has 4 nitrogen and oxygen atoms in total. The molecule has 0 bridgehead atoms. The predicted octanol–water partition coefficient (Wildman–Crippen LogP) is 6.86. The number of rotatable bonds is 3. The Morgan fingerprint density at radius 3 is 2.43 bits per heavy atom. The van der Waals surface area contributed by atoms with E-state index in [1.807, 2.05) is 36.4 Å². The molecule has 0 aromatic heterocycles. The van der Waals surface area contributed by atoms with E-state index in [4.69, 9.17) is 11.6 Å². The molecule has 1 atom stereocenters. The molecule has 0 unspecified atom stereocenters. The fourth-order valence-corrected chi connectivity index (χ4v) is 5.21. The van der Waals surface area contributed by atoms with E-state index in [2.05, 4.69) is 19.2 Å². The molecule has 0 fully saturated rings. The first-order valence-electron chi connectivity index (χ1n) is 11.7. The van der Waals surface area contributed by atoms with Gasteiger partial charge in [-0.1, -0.05) is 61.8 Å². The van der Waals surface area contributed by atoms with E-state index in [0.717, 1.165) is 16.9 Å². The summed E-state index contributed by atoms with van der Waals surface area (Å²) < 4.78 is 13.9. The summed E-state index contributed by atoms with van der Waals surface area (Å²) in [5, 5.41) is 4.09. The van der Waals surface area contributed by atoms with Crippen LogP contribution in [0.15, 0.2) is 84.1 Å². The summed E-state index contributed by atoms with van der Waals surface area (Å²) in [6, 6.07) is 20.1. The normalized spacial score (nSPS) is 18.9. The zero-order chi connectivity index (χ0) is 24.7. The molecule has 35 heavy (non-hydrogen) atoms. The molecule has 178 valence electrons. The summed E-state index contributed by atoms with van der Waals surface area (Å²) in [7, 11) is 0. The third kappa shape index (κ3) is 4.61. The van der Waals surface area contributed by atoms with Crippen molar-refractivity contribution in [2.75, 3.05) is 10.2 Å². The molecule has 1 heterocycles. The Morgan fingerprint density at radius 2 is 1.71 bits per heavy atom. The number of ketones is 1. The van der Waals surface area contributed by atoms with Gasteiger partial charge in [-0.15, -0.1) is 0 Å². The number of para-hydroxylation sites is 2. The highest BCUT2D eigenvalue weighted by Gasteiger charge is 2.43. The van der Waals surface area contributed by atoms with Gasteiger partial charge in [-0.3, -0.25) is 14.5 Å². The first kappa shape index (κ1) is 23.3. The number of carbonyl (C=O) groups excluding carboxylic acids is 2. The fraction of sp³-hybridized carbons (Fsp3) is 0.241. The number of hydrogen-bond donors (Lipinski definition) is 1. The molecule has 2 aliphatic rings. The molecule has 6 heteroatoms. The minimum atomic E-state index is -0.676. The molecule has 3 aromatic rings. The van der Waals surface area contributed by atoms with E-state index in [1.54, 1.807) is 29.2 Å². The van der Waals surface area contributed by atoms with Crippen molar-refractivity contribution in [3.63, 3.8) is 0 Å². The van der Waals surface area contributed by atoms with Gasteiger partial charge in [0.1, 0.15) is 5.82 Å². The summed E-state index contributed by atoms with van der Waals surface area (Å²) in [4.78, 5) is 29.3. The number of nitrogens with zero attached hydrogens (tertiary/aromatic N) is 1. The highest BCUT2D eigenvalue weighted by molar-refractivity contribution is 6.30. The van der Waals surface area contributed by atoms with E-state index < -0.39 is 6.04 Å². The number of hydrogen-bond acceptors (Lipinski definition) is 3. The van der Waals surface area contributed by atoms with Crippen LogP contribution in [0.5, 0.6) is 0 Å². The number of amides is 1. The van der Waals surface area contributed by atoms with Crippen molar-refractivity contribution < 1.29 is 14.0 Å². The van der Waals surface area contributed by atoms with Gasteiger partial charge in [0.05, 0.1) is 23.8 Å². The van der Waals surface area contributed by atoms with Gasteiger partial charge in [-0.25, -0.2) is 4.39 Å². The van der Waals surface area contributed by atoms with E-state index in [-0.39, 0.29) is 29.3 Å². The summed E-state index contributed by atoms with van der Waals surface area (Å²) in [6.45, 7) is 4.15. The standard InChI is InChI=1S/C29H26ClFN2O2/c1-29(2)16-23-27(25(34)17-29)28(19-9-13-21(31)14-10-19)33(24-6-4-3-5-22(24)32-23)26(35)15-18-7-11-20(30)12-8-18/h3-14,28,32H,15-17H2,1-2H3/t28-/m1/s1. The summed E-state index contributed by atoms with van der Waals surface area (Å²) >= 11 is 6.04. The van der Waals surface area contributed by atoms with Crippen LogP contribution in [0.1, 0.15) is 43.9 Å². The number of anilines is 2. The second-order valence-corrected chi connectivity index (χ2v) is 10.4. The SMILES string of the molecule is CC1(C)CC(=O)C2=C(C1)Nc1ccccc1N(C(=O)Cc1ccc(Cl)cc1)[C@@H]2c1ccc(F)cc1. The van der Waals surface area contributed by atoms with Crippen LogP contribution in [0.4, 0.5) is 15.8 Å². The van der Waals surface area contributed by atoms with E-state index in [0.29, 0.717) is 34.7 Å². The van der Waals surface area contributed by atoms with Gasteiger partial charge in [0.15, 0.2) is 5.78 Å². The molecule has 1 aliphatic heterocycles. The van der Waals surface area contributed by atoms with Gasteiger partial charge in [0.25, 0.3) is 0 Å². The molecule has 0 radical (unpaired) electrons. The van der Waals surface area contributed by atoms with Crippen LogP contribution < -0.4 is 10.2 Å². The Balaban J connectivity index is 1.70. The number of allylic oxidation sites excluding steroid dienone is 1. The topological polar surface area (TPSA) is 49.4 Å². The highest BCUT2D eigenvalue weighted by Crippen LogP contribution is 2.48. The predicted molar refractivity (Wildman–Crippen MR) is 137 cm³/mol. The van der Waals surface area contributed by atoms with Gasteiger partial charge < -0.3 is 5.32 Å². The van der Waals surface area contributed by atoms with Gasteiger partial charge in [-0.05, 0) is 59.4 Å². The molecule has 0 saturated heterocycles. The van der Waals surface area contributed by atoms with Crippen molar-refractivity contribution in [1.82, 2.24) is 0 Å². The molecule has 3 aromatic carbocycles. The zero-order valence-corrected chi connectivity index (χ0v) is 20.4. The Morgan fingerprint density at radius 1 is 1.03 bits per heavy atom. The third-order valence-corrected chi connectivity index (χ3v) is 6.88. The first-order valence-corrected chi connectivity index (χ1v) is 12.0. The Hall–Kier alpha value is -3.44. The van der Waals surface area contributed by atoms with Crippen LogP contribution in [0.25, 0.3) is 0 Å². The molecular formula is C29H26ClFN2O2. The maximum Gasteiger partial charge on any atom is 0.232 e. The molecule has 1 amide bonds. The quantitative estimate of drug-likeness (QED) is 0.438. The van der Waals surface area contributed by atoms with Crippen molar-refractivity contribution in [2.24, 2.45) is 5.41 Å². The second kappa shape index (κ2) is 8.97. The number of carbonyl (C=O) groups is 2. The van der Waals surface area contributed by atoms with Gasteiger partial charge in [-0.2, -0.15) is 0 Å². The summed E-state index contributed by atoms with van der Waals surface area (Å²) in [5.74, 6) is -0.539. The number of nitrogens with one attached hydrogen (secondary N) is 1. The van der Waals surface area contributed by atoms with E-state index in [1.165, 1.54) is 12.1 Å². The highest BCUT2D eigenvalue weighted by atomic mass is 35.5.